The molecule has 0 saturated carbocycles. The van der Waals surface area contributed by atoms with Gasteiger partial charge in [0.25, 0.3) is 0 Å². The third-order valence-electron chi connectivity index (χ3n) is 4.89. The predicted molar refractivity (Wildman–Crippen MR) is 125 cm³/mol. The molecular weight excluding hydrogens is 480 g/mol. The number of aromatic amines is 2. The van der Waals surface area contributed by atoms with Gasteiger partial charge >= 0.3 is 0 Å². The first kappa shape index (κ1) is 20.4. The Balaban J connectivity index is 1.53. The molecule has 0 aliphatic carbocycles. The summed E-state index contributed by atoms with van der Waals surface area (Å²) in [5.41, 5.74) is 3.63. The van der Waals surface area contributed by atoms with Crippen molar-refractivity contribution in [2.24, 2.45) is 0 Å². The molecule has 0 bridgehead atoms. The first-order valence-corrected chi connectivity index (χ1v) is 10.7. The van der Waals surface area contributed by atoms with Crippen LogP contribution >= 0.6 is 46.4 Å². The van der Waals surface area contributed by atoms with E-state index in [0.29, 0.717) is 48.4 Å². The topological polar surface area (TPSA) is 79.5 Å². The number of H-pyrrole nitrogens is 2. The molecule has 0 aliphatic rings. The molecule has 31 heavy (non-hydrogen) atoms. The fourth-order valence-electron chi connectivity index (χ4n) is 3.44. The fourth-order valence-corrected chi connectivity index (χ4v) is 4.43. The molecule has 0 radical (unpaired) electrons. The van der Waals surface area contributed by atoms with Crippen LogP contribution in [0.25, 0.3) is 33.5 Å². The molecule has 6 nitrogen and oxygen atoms in total. The number of halogens is 4. The molecule has 1 atom stereocenters. The molecule has 5 rings (SSSR count). The number of nitrogens with zero attached hydrogens (tertiary/aromatic N) is 3. The van der Waals surface area contributed by atoms with Crippen molar-refractivity contribution in [3.8, 4) is 17.3 Å². The molecule has 10 heteroatoms. The molecule has 3 aromatic heterocycles. The van der Waals surface area contributed by atoms with Gasteiger partial charge in [0.2, 0.25) is 0 Å². The number of imidazole rings is 1. The van der Waals surface area contributed by atoms with Crippen molar-refractivity contribution in [2.45, 2.75) is 13.0 Å². The Bertz CT molecular complexity index is 1390. The number of pyridine rings is 1. The second kappa shape index (κ2) is 7.88. The van der Waals surface area contributed by atoms with Crippen LogP contribution in [0.2, 0.25) is 20.1 Å². The monoisotopic (exact) mass is 491 g/mol. The van der Waals surface area contributed by atoms with Crippen LogP contribution < -0.4 is 4.74 Å². The lowest BCUT2D eigenvalue weighted by atomic mass is 10.1. The van der Waals surface area contributed by atoms with Crippen molar-refractivity contribution in [1.82, 2.24) is 25.1 Å². The van der Waals surface area contributed by atoms with E-state index in [9.17, 15) is 0 Å². The highest BCUT2D eigenvalue weighted by Gasteiger charge is 2.18. The maximum Gasteiger partial charge on any atom is 0.159 e. The summed E-state index contributed by atoms with van der Waals surface area (Å²) in [5, 5.41) is 10.1. The lowest BCUT2D eigenvalue weighted by Crippen LogP contribution is -2.05. The SMILES string of the molecule is CC(Oc1ccc2[nH]nc(-c3nc4cc(Cl)c(Cl)cc4[nH]3)c2c1)c1c(Cl)cncc1Cl. The van der Waals surface area contributed by atoms with Gasteiger partial charge < -0.3 is 9.72 Å². The van der Waals surface area contributed by atoms with Gasteiger partial charge in [-0.15, -0.1) is 0 Å². The number of aromatic nitrogens is 5. The smallest absolute Gasteiger partial charge is 0.159 e. The van der Waals surface area contributed by atoms with Gasteiger partial charge in [-0.2, -0.15) is 5.10 Å². The largest absolute Gasteiger partial charge is 0.486 e. The van der Waals surface area contributed by atoms with E-state index in [1.165, 1.54) is 0 Å². The van der Waals surface area contributed by atoms with Gasteiger partial charge in [-0.25, -0.2) is 4.98 Å². The molecule has 3 heterocycles. The highest BCUT2D eigenvalue weighted by molar-refractivity contribution is 6.42. The number of hydrogen-bond acceptors (Lipinski definition) is 4. The van der Waals surface area contributed by atoms with Crippen molar-refractivity contribution in [2.75, 3.05) is 0 Å². The summed E-state index contributed by atoms with van der Waals surface area (Å²) in [4.78, 5) is 11.8. The second-order valence-electron chi connectivity index (χ2n) is 6.93. The Morgan fingerprint density at radius 3 is 2.42 bits per heavy atom. The van der Waals surface area contributed by atoms with Crippen LogP contribution in [0.1, 0.15) is 18.6 Å². The summed E-state index contributed by atoms with van der Waals surface area (Å²) in [6.07, 6.45) is 2.70. The molecule has 2 N–H and O–H groups in total. The van der Waals surface area contributed by atoms with E-state index in [-0.39, 0.29) is 6.10 Å². The molecule has 0 saturated heterocycles. The molecule has 1 unspecified atom stereocenters. The van der Waals surface area contributed by atoms with Gasteiger partial charge in [-0.3, -0.25) is 10.1 Å². The quantitative estimate of drug-likeness (QED) is 0.276. The fraction of sp³-hybridized carbons (Fsp3) is 0.0952. The van der Waals surface area contributed by atoms with Crippen molar-refractivity contribution in [3.63, 3.8) is 0 Å². The predicted octanol–water partition coefficient (Wildman–Crippen LogP) is 7.25. The lowest BCUT2D eigenvalue weighted by Gasteiger charge is -2.17. The van der Waals surface area contributed by atoms with Crippen LogP contribution in [0.5, 0.6) is 5.75 Å². The van der Waals surface area contributed by atoms with Crippen LogP contribution in [-0.4, -0.2) is 25.1 Å². The van der Waals surface area contributed by atoms with Gasteiger partial charge in [0, 0.05) is 23.3 Å². The van der Waals surface area contributed by atoms with Crippen molar-refractivity contribution >= 4 is 68.3 Å². The Hall–Kier alpha value is -2.51. The van der Waals surface area contributed by atoms with E-state index in [1.54, 1.807) is 24.5 Å². The third-order valence-corrected chi connectivity index (χ3v) is 6.22. The highest BCUT2D eigenvalue weighted by Crippen LogP contribution is 2.35. The van der Waals surface area contributed by atoms with Gasteiger partial charge in [0.1, 0.15) is 17.5 Å². The standard InChI is InChI=1S/C21H13Cl4N5O/c1-9(19-14(24)7-26-8-15(19)25)31-10-2-3-16-11(4-10)20(30-29-16)21-27-17-5-12(22)13(23)6-18(17)28-21/h2-9H,1H3,(H,27,28)(H,29,30). The number of rotatable bonds is 4. The van der Waals surface area contributed by atoms with Gasteiger partial charge in [0.05, 0.1) is 36.6 Å². The van der Waals surface area contributed by atoms with E-state index in [0.717, 1.165) is 16.4 Å². The number of fused-ring (bicyclic) bond motifs is 2. The summed E-state index contributed by atoms with van der Waals surface area (Å²) >= 11 is 24.8. The minimum absolute atomic E-state index is 0.383. The number of ether oxygens (including phenoxy) is 1. The minimum atomic E-state index is -0.383. The average molecular weight is 493 g/mol. The highest BCUT2D eigenvalue weighted by atomic mass is 35.5. The number of hydrogen-bond donors (Lipinski definition) is 2. The first-order valence-electron chi connectivity index (χ1n) is 9.19. The first-order chi connectivity index (χ1) is 14.9. The van der Waals surface area contributed by atoms with E-state index < -0.39 is 0 Å². The van der Waals surface area contributed by atoms with Crippen LogP contribution in [0.15, 0.2) is 42.7 Å². The summed E-state index contributed by atoms with van der Waals surface area (Å²) < 4.78 is 6.12. The van der Waals surface area contributed by atoms with E-state index in [4.69, 9.17) is 51.1 Å². The average Bonchev–Trinajstić information content (AvgIpc) is 3.31. The van der Waals surface area contributed by atoms with Crippen molar-refractivity contribution in [3.05, 3.63) is 68.4 Å². The molecule has 5 aromatic rings. The molecular formula is C21H13Cl4N5O. The number of nitrogens with one attached hydrogen (secondary N) is 2. The lowest BCUT2D eigenvalue weighted by molar-refractivity contribution is 0.227. The van der Waals surface area contributed by atoms with Gasteiger partial charge in [0.15, 0.2) is 5.82 Å². The van der Waals surface area contributed by atoms with Crippen molar-refractivity contribution < 1.29 is 4.74 Å². The number of benzene rings is 2. The Morgan fingerprint density at radius 1 is 0.903 bits per heavy atom. The zero-order chi connectivity index (χ0) is 21.7. The summed E-state index contributed by atoms with van der Waals surface area (Å²) in [7, 11) is 0. The Labute approximate surface area is 196 Å². The summed E-state index contributed by atoms with van der Waals surface area (Å²) in [6.45, 7) is 1.88. The Kier molecular flexibility index (Phi) is 5.18. The zero-order valence-electron chi connectivity index (χ0n) is 15.9. The van der Waals surface area contributed by atoms with Crippen LogP contribution in [0.4, 0.5) is 0 Å². The van der Waals surface area contributed by atoms with E-state index >= 15 is 0 Å². The molecule has 2 aromatic carbocycles. The summed E-state index contributed by atoms with van der Waals surface area (Å²) in [6, 6.07) is 9.08. The molecule has 0 amide bonds. The van der Waals surface area contributed by atoms with Crippen LogP contribution in [0, 0.1) is 0 Å². The molecule has 0 spiro atoms. The van der Waals surface area contributed by atoms with Gasteiger partial charge in [-0.1, -0.05) is 46.4 Å². The molecule has 0 aliphatic heterocycles. The van der Waals surface area contributed by atoms with E-state index in [1.807, 2.05) is 25.1 Å². The maximum absolute atomic E-state index is 6.26. The third kappa shape index (κ3) is 3.70. The Morgan fingerprint density at radius 2 is 1.65 bits per heavy atom. The zero-order valence-corrected chi connectivity index (χ0v) is 18.9. The summed E-state index contributed by atoms with van der Waals surface area (Å²) in [5.74, 6) is 1.22. The molecule has 156 valence electrons. The van der Waals surface area contributed by atoms with Crippen LogP contribution in [-0.2, 0) is 0 Å². The molecule has 0 fully saturated rings. The van der Waals surface area contributed by atoms with E-state index in [2.05, 4.69) is 25.1 Å². The van der Waals surface area contributed by atoms with Crippen molar-refractivity contribution in [1.29, 1.82) is 0 Å². The normalized spacial score (nSPS) is 12.5. The van der Waals surface area contributed by atoms with Crippen LogP contribution in [0.3, 0.4) is 0 Å². The minimum Gasteiger partial charge on any atom is -0.486 e. The second-order valence-corrected chi connectivity index (χ2v) is 8.55. The maximum atomic E-state index is 6.26. The van der Waals surface area contributed by atoms with Gasteiger partial charge in [-0.05, 0) is 37.3 Å².